The van der Waals surface area contributed by atoms with Crippen LogP contribution in [0.15, 0.2) is 182 Å². The van der Waals surface area contributed by atoms with Gasteiger partial charge in [0.05, 0.1) is 42.7 Å². The highest BCUT2D eigenvalue weighted by Gasteiger charge is 2.18. The van der Waals surface area contributed by atoms with Crippen LogP contribution in [-0.2, 0) is 0 Å². The Morgan fingerprint density at radius 2 is 0.292 bits per heavy atom. The highest BCUT2D eigenvalue weighted by Crippen LogP contribution is 2.46. The molecule has 0 aromatic heterocycles. The number of ether oxygens (including phenoxy) is 6. The molecule has 6 heteroatoms. The fourth-order valence-electron chi connectivity index (χ4n) is 11.4. The van der Waals surface area contributed by atoms with Crippen LogP contribution in [0.2, 0.25) is 0 Å². The van der Waals surface area contributed by atoms with Gasteiger partial charge >= 0.3 is 0 Å². The molecule has 72 heavy (non-hydrogen) atoms. The lowest BCUT2D eigenvalue weighted by molar-refractivity contribution is 0.416. The maximum Gasteiger partial charge on any atom is 0.127 e. The molecule has 0 aliphatic rings. The highest BCUT2D eigenvalue weighted by atomic mass is 16.5. The third-order valence-corrected chi connectivity index (χ3v) is 15.0. The van der Waals surface area contributed by atoms with E-state index in [2.05, 4.69) is 182 Å². The van der Waals surface area contributed by atoms with Crippen LogP contribution in [0.4, 0.5) is 0 Å². The molecule has 0 atom stereocenters. The van der Waals surface area contributed by atoms with E-state index in [1.54, 1.807) is 42.7 Å². The monoisotopic (exact) mass is 936 g/mol. The predicted molar refractivity (Wildman–Crippen MR) is 302 cm³/mol. The summed E-state index contributed by atoms with van der Waals surface area (Å²) in [5, 5.41) is 24.8. The summed E-state index contributed by atoms with van der Waals surface area (Å²) in [4.78, 5) is 0. The molecule has 0 heterocycles. The third-order valence-electron chi connectivity index (χ3n) is 15.0. The zero-order chi connectivity index (χ0) is 48.8. The van der Waals surface area contributed by atoms with Crippen molar-refractivity contribution in [3.8, 4) is 34.5 Å². The SMILES string of the molecule is COc1ccc2ccc3cc2c1c1c(OC)ccc2ccc(cc21)c1ccc2ccc(OC)c(c2c1)c1c(OC)ccc2ccc(cc21)c1ccc2ccc(OC)c(c2c1)c1c(OC)ccc2ccc3cc21. The van der Waals surface area contributed by atoms with Gasteiger partial charge in [-0.2, -0.15) is 0 Å². The van der Waals surface area contributed by atoms with E-state index in [4.69, 9.17) is 28.4 Å². The van der Waals surface area contributed by atoms with Gasteiger partial charge in [0.15, 0.2) is 0 Å². The van der Waals surface area contributed by atoms with Crippen LogP contribution >= 0.6 is 0 Å². The second kappa shape index (κ2) is 16.9. The first-order valence-electron chi connectivity index (χ1n) is 24.1. The molecule has 0 aliphatic carbocycles. The maximum absolute atomic E-state index is 6.30. The van der Waals surface area contributed by atoms with E-state index in [1.807, 2.05) is 0 Å². The van der Waals surface area contributed by atoms with E-state index in [9.17, 15) is 0 Å². The Morgan fingerprint density at radius 3 is 0.431 bits per heavy atom. The van der Waals surface area contributed by atoms with Crippen molar-refractivity contribution >= 4 is 129 Å². The zero-order valence-corrected chi connectivity index (χ0v) is 40.8. The summed E-state index contributed by atoms with van der Waals surface area (Å²) >= 11 is 0. The molecule has 0 N–H and O–H groups in total. The van der Waals surface area contributed by atoms with Gasteiger partial charge in [-0.25, -0.2) is 0 Å². The smallest absolute Gasteiger partial charge is 0.127 e. The van der Waals surface area contributed by atoms with Gasteiger partial charge in [0.1, 0.15) is 34.5 Å². The van der Waals surface area contributed by atoms with Crippen molar-refractivity contribution in [1.29, 1.82) is 0 Å². The molecule has 348 valence electrons. The van der Waals surface area contributed by atoms with Gasteiger partial charge in [-0.15, -0.1) is 0 Å². The summed E-state index contributed by atoms with van der Waals surface area (Å²) in [6, 6.07) is 65.4. The van der Waals surface area contributed by atoms with Crippen LogP contribution in [0, 0.1) is 0 Å². The molecule has 0 spiro atoms. The number of methoxy groups -OCH3 is 6. The predicted octanol–water partition coefficient (Wildman–Crippen LogP) is 17.3. The minimum atomic E-state index is 0.750. The second-order valence-corrected chi connectivity index (χ2v) is 18.5. The maximum atomic E-state index is 6.30. The Hall–Kier alpha value is -9.00. The van der Waals surface area contributed by atoms with E-state index in [-0.39, 0.29) is 0 Å². The molecule has 0 aliphatic heterocycles. The Balaban J connectivity index is 1.32. The fraction of sp³-hybridized carbons (Fsp3) is 0.0909. The summed E-state index contributed by atoms with van der Waals surface area (Å²) in [5.41, 5.74) is 0. The van der Waals surface area contributed by atoms with E-state index in [0.717, 1.165) is 164 Å². The van der Waals surface area contributed by atoms with Crippen LogP contribution in [0.25, 0.3) is 129 Å². The van der Waals surface area contributed by atoms with Gasteiger partial charge < -0.3 is 28.4 Å². The number of hydrogen-bond donors (Lipinski definition) is 0. The summed E-state index contributed by atoms with van der Waals surface area (Å²) in [7, 11) is 10.5. The van der Waals surface area contributed by atoms with Gasteiger partial charge in [0.2, 0.25) is 0 Å². The Morgan fingerprint density at radius 1 is 0.167 bits per heavy atom. The van der Waals surface area contributed by atoms with Crippen molar-refractivity contribution in [1.82, 2.24) is 0 Å². The van der Waals surface area contributed by atoms with E-state index < -0.39 is 0 Å². The second-order valence-electron chi connectivity index (χ2n) is 18.5. The van der Waals surface area contributed by atoms with Gasteiger partial charge in [0.25, 0.3) is 0 Å². The molecule has 6 nitrogen and oxygen atoms in total. The van der Waals surface area contributed by atoms with Gasteiger partial charge in [-0.1, -0.05) is 109 Å². The molecule has 13 rings (SSSR count). The molecule has 0 saturated heterocycles. The average molecular weight is 937 g/mol. The molecule has 0 amide bonds. The van der Waals surface area contributed by atoms with Crippen LogP contribution in [0.5, 0.6) is 34.5 Å². The Kier molecular flexibility index (Phi) is 10.1. The molecule has 0 radical (unpaired) electrons. The van der Waals surface area contributed by atoms with Gasteiger partial charge in [-0.05, 0) is 170 Å². The molecular weight excluding hydrogens is 889 g/mol. The number of hydrogen-bond acceptors (Lipinski definition) is 6. The molecule has 13 aromatic rings. The van der Waals surface area contributed by atoms with E-state index in [0.29, 0.717) is 0 Å². The van der Waals surface area contributed by atoms with Crippen molar-refractivity contribution in [3.63, 3.8) is 0 Å². The first kappa shape index (κ1) is 43.1. The molecule has 12 bridgehead atoms. The normalized spacial score (nSPS) is 11.8. The number of fused-ring (bicyclic) bond motifs is 12. The summed E-state index contributed by atoms with van der Waals surface area (Å²) in [6.07, 6.45) is 0. The van der Waals surface area contributed by atoms with Gasteiger partial charge in [0, 0.05) is 32.3 Å². The standard InChI is InChI=1S/C66H48O6/c1-67-55-25-19-37-7-13-43-31-49(37)61(55)62-50-32-44(14-8-38(50)20-26-56(62)68-2)46-16-10-40-22-28-58(70-4)64(52(40)34-46)66-54-36-48(18-12-42(54)24-30-60(66)72-6)47-17-11-41-23-29-59(71-5)65(53(41)35-47)63-51-33-45(43)15-9-39(51)21-27-57(63)69-3/h7-36H,1-6H3. The quantitative estimate of drug-likeness (QED) is 0.166. The van der Waals surface area contributed by atoms with Crippen molar-refractivity contribution in [2.75, 3.05) is 42.7 Å². The van der Waals surface area contributed by atoms with E-state index in [1.165, 1.54) is 0 Å². The third kappa shape index (κ3) is 6.56. The number of benzene rings is 12. The topological polar surface area (TPSA) is 55.4 Å². The molecule has 0 fully saturated rings. The van der Waals surface area contributed by atoms with Crippen LogP contribution < -0.4 is 28.4 Å². The first-order valence-corrected chi connectivity index (χ1v) is 24.1. The van der Waals surface area contributed by atoms with Crippen molar-refractivity contribution < 1.29 is 28.4 Å². The van der Waals surface area contributed by atoms with Crippen LogP contribution in [-0.4, -0.2) is 42.7 Å². The molecule has 0 saturated carbocycles. The minimum absolute atomic E-state index is 0.750. The van der Waals surface area contributed by atoms with E-state index >= 15 is 0 Å². The lowest BCUT2D eigenvalue weighted by Crippen LogP contribution is -1.91. The average Bonchev–Trinajstić information content (AvgIpc) is 3.44. The van der Waals surface area contributed by atoms with Gasteiger partial charge in [-0.3, -0.25) is 0 Å². The summed E-state index contributed by atoms with van der Waals surface area (Å²) in [5.74, 6) is 4.50. The van der Waals surface area contributed by atoms with Crippen molar-refractivity contribution in [3.05, 3.63) is 182 Å². The van der Waals surface area contributed by atoms with Crippen LogP contribution in [0.1, 0.15) is 0 Å². The highest BCUT2D eigenvalue weighted by molar-refractivity contribution is 6.25. The fourth-order valence-corrected chi connectivity index (χ4v) is 11.4. The molecule has 0 unspecified atom stereocenters. The summed E-state index contributed by atoms with van der Waals surface area (Å²) in [6.45, 7) is 0. The molecule has 13 aromatic carbocycles. The minimum Gasteiger partial charge on any atom is -0.496 e. The van der Waals surface area contributed by atoms with Crippen molar-refractivity contribution in [2.45, 2.75) is 0 Å². The van der Waals surface area contributed by atoms with Crippen molar-refractivity contribution in [2.24, 2.45) is 0 Å². The first-order chi connectivity index (χ1) is 35.4. The lowest BCUT2D eigenvalue weighted by atomic mass is 9.93. The lowest BCUT2D eigenvalue weighted by Gasteiger charge is -2.15. The number of rotatable bonds is 6. The Bertz CT molecular complexity index is 3840. The largest absolute Gasteiger partial charge is 0.496 e. The van der Waals surface area contributed by atoms with Crippen LogP contribution in [0.3, 0.4) is 0 Å². The molecular formula is C66H48O6. The summed E-state index contributed by atoms with van der Waals surface area (Å²) < 4.78 is 37.8. The zero-order valence-electron chi connectivity index (χ0n) is 40.8. The Labute approximate surface area is 415 Å².